The van der Waals surface area contributed by atoms with E-state index < -0.39 is 10.9 Å². The second kappa shape index (κ2) is 5.24. The number of carbonyl (C=O) groups excluding carboxylic acids is 1. The molecule has 0 atom stereocenters. The number of ether oxygens (including phenoxy) is 1. The van der Waals surface area contributed by atoms with E-state index in [0.717, 1.165) is 0 Å². The molecule has 0 spiro atoms. The summed E-state index contributed by atoms with van der Waals surface area (Å²) in [7, 11) is 1.27. The van der Waals surface area contributed by atoms with Gasteiger partial charge in [0.1, 0.15) is 5.56 Å². The highest BCUT2D eigenvalue weighted by Crippen LogP contribution is 2.27. The van der Waals surface area contributed by atoms with Crippen LogP contribution in [0.3, 0.4) is 0 Å². The largest absolute Gasteiger partial charge is 0.465 e. The van der Waals surface area contributed by atoms with Gasteiger partial charge in [0, 0.05) is 12.3 Å². The highest BCUT2D eigenvalue weighted by Gasteiger charge is 2.20. The van der Waals surface area contributed by atoms with Crippen LogP contribution in [0.4, 0.5) is 5.69 Å². The molecule has 0 aliphatic rings. The molecule has 0 amide bonds. The van der Waals surface area contributed by atoms with Crippen molar-refractivity contribution in [2.45, 2.75) is 0 Å². The first-order valence-electron chi connectivity index (χ1n) is 6.29. The van der Waals surface area contributed by atoms with Crippen molar-refractivity contribution in [1.29, 1.82) is 0 Å². The number of nitro groups is 1. The number of hydrogen-bond acceptors (Lipinski definition) is 6. The second-order valence-corrected chi connectivity index (χ2v) is 4.39. The molecule has 110 valence electrons. The molecule has 2 heterocycles. The fourth-order valence-corrected chi connectivity index (χ4v) is 2.11. The third-order valence-corrected chi connectivity index (χ3v) is 3.11. The molecule has 0 fully saturated rings. The zero-order valence-electron chi connectivity index (χ0n) is 11.5. The van der Waals surface area contributed by atoms with Gasteiger partial charge in [0.05, 0.1) is 17.6 Å². The number of hydrogen-bond donors (Lipinski definition) is 0. The molecule has 0 unspecified atom stereocenters. The lowest BCUT2D eigenvalue weighted by molar-refractivity contribution is -0.384. The number of esters is 1. The third kappa shape index (κ3) is 2.16. The minimum Gasteiger partial charge on any atom is -0.465 e. The number of pyridine rings is 1. The van der Waals surface area contributed by atoms with E-state index in [4.69, 9.17) is 4.74 Å². The molecule has 2 aromatic heterocycles. The van der Waals surface area contributed by atoms with Gasteiger partial charge in [-0.25, -0.2) is 14.3 Å². The van der Waals surface area contributed by atoms with Crippen molar-refractivity contribution in [1.82, 2.24) is 14.6 Å². The molecule has 0 saturated carbocycles. The number of benzene rings is 1. The number of nitrogens with zero attached hydrogens (tertiary/aromatic N) is 4. The van der Waals surface area contributed by atoms with Crippen LogP contribution in [0.1, 0.15) is 10.4 Å². The van der Waals surface area contributed by atoms with Crippen LogP contribution in [0, 0.1) is 10.1 Å². The van der Waals surface area contributed by atoms with E-state index in [0.29, 0.717) is 0 Å². The fourth-order valence-electron chi connectivity index (χ4n) is 2.11. The zero-order valence-corrected chi connectivity index (χ0v) is 11.5. The van der Waals surface area contributed by atoms with Crippen molar-refractivity contribution in [2.24, 2.45) is 0 Å². The van der Waals surface area contributed by atoms with Crippen LogP contribution in [0.2, 0.25) is 0 Å². The van der Waals surface area contributed by atoms with Crippen LogP contribution in [-0.4, -0.2) is 32.6 Å². The van der Waals surface area contributed by atoms with Crippen molar-refractivity contribution in [3.8, 4) is 11.4 Å². The van der Waals surface area contributed by atoms with Crippen LogP contribution in [0.15, 0.2) is 42.6 Å². The van der Waals surface area contributed by atoms with Crippen LogP contribution in [0.25, 0.3) is 17.0 Å². The molecule has 0 bridgehead atoms. The van der Waals surface area contributed by atoms with Gasteiger partial charge in [-0.15, -0.1) is 5.10 Å². The summed E-state index contributed by atoms with van der Waals surface area (Å²) in [4.78, 5) is 26.6. The quantitative estimate of drug-likeness (QED) is 0.417. The van der Waals surface area contributed by atoms with E-state index in [-0.39, 0.29) is 28.3 Å². The molecule has 3 aromatic rings. The van der Waals surface area contributed by atoms with Gasteiger partial charge < -0.3 is 4.74 Å². The Labute approximate surface area is 124 Å². The maximum Gasteiger partial charge on any atom is 0.341 e. The first-order chi connectivity index (χ1) is 10.6. The standard InChI is InChI=1S/C14H10N4O4/c1-22-14(19)10-6-4-8-17-13(10)15-12(16-17)9-5-2-3-7-11(9)18(20)21/h2-8H,1H3. The van der Waals surface area contributed by atoms with Gasteiger partial charge in [0.25, 0.3) is 5.69 Å². The number of carbonyl (C=O) groups is 1. The summed E-state index contributed by atoms with van der Waals surface area (Å²) in [6.07, 6.45) is 1.60. The van der Waals surface area contributed by atoms with Gasteiger partial charge in [-0.05, 0) is 18.2 Å². The second-order valence-electron chi connectivity index (χ2n) is 4.39. The Morgan fingerprint density at radius 1 is 1.27 bits per heavy atom. The SMILES string of the molecule is COC(=O)c1cccn2nc(-c3ccccc3[N+](=O)[O-])nc12. The van der Waals surface area contributed by atoms with E-state index in [2.05, 4.69) is 10.1 Å². The summed E-state index contributed by atoms with van der Waals surface area (Å²) in [5, 5.41) is 15.3. The molecule has 8 nitrogen and oxygen atoms in total. The maximum absolute atomic E-state index is 11.7. The molecule has 3 rings (SSSR count). The highest BCUT2D eigenvalue weighted by molar-refractivity contribution is 5.95. The number of nitro benzene ring substituents is 1. The van der Waals surface area contributed by atoms with Crippen molar-refractivity contribution in [2.75, 3.05) is 7.11 Å². The number of para-hydroxylation sites is 1. The van der Waals surface area contributed by atoms with Gasteiger partial charge in [-0.3, -0.25) is 10.1 Å². The topological polar surface area (TPSA) is 99.6 Å². The first-order valence-corrected chi connectivity index (χ1v) is 6.29. The summed E-state index contributed by atoms with van der Waals surface area (Å²) in [6, 6.07) is 9.34. The third-order valence-electron chi connectivity index (χ3n) is 3.11. The molecule has 8 heteroatoms. The Hall–Kier alpha value is -3.29. The maximum atomic E-state index is 11.7. The van der Waals surface area contributed by atoms with Gasteiger partial charge in [-0.1, -0.05) is 12.1 Å². The monoisotopic (exact) mass is 298 g/mol. The summed E-state index contributed by atoms with van der Waals surface area (Å²) in [6.45, 7) is 0. The predicted molar refractivity (Wildman–Crippen MR) is 76.4 cm³/mol. The average Bonchev–Trinajstić information content (AvgIpc) is 2.97. The van der Waals surface area contributed by atoms with Gasteiger partial charge in [0.15, 0.2) is 11.5 Å². The number of aromatic nitrogens is 3. The van der Waals surface area contributed by atoms with E-state index >= 15 is 0 Å². The Morgan fingerprint density at radius 2 is 2.05 bits per heavy atom. The minimum absolute atomic E-state index is 0.0991. The fraction of sp³-hybridized carbons (Fsp3) is 0.0714. The number of fused-ring (bicyclic) bond motifs is 1. The Morgan fingerprint density at radius 3 is 2.77 bits per heavy atom. The van der Waals surface area contributed by atoms with E-state index in [1.54, 1.807) is 36.5 Å². The molecule has 0 radical (unpaired) electrons. The number of methoxy groups -OCH3 is 1. The zero-order chi connectivity index (χ0) is 15.7. The van der Waals surface area contributed by atoms with E-state index in [1.165, 1.54) is 17.7 Å². The molecule has 22 heavy (non-hydrogen) atoms. The van der Waals surface area contributed by atoms with Gasteiger partial charge >= 0.3 is 5.97 Å². The molecule has 0 aliphatic carbocycles. The molecule has 0 aliphatic heterocycles. The van der Waals surface area contributed by atoms with E-state index in [1.807, 2.05) is 0 Å². The van der Waals surface area contributed by atoms with Crippen LogP contribution in [0.5, 0.6) is 0 Å². The lowest BCUT2D eigenvalue weighted by Gasteiger charge is -1.99. The van der Waals surface area contributed by atoms with Gasteiger partial charge in [-0.2, -0.15) is 0 Å². The lowest BCUT2D eigenvalue weighted by atomic mass is 10.2. The Balaban J connectivity index is 2.22. The summed E-state index contributed by atoms with van der Waals surface area (Å²) in [5.41, 5.74) is 0.704. The molecule has 0 saturated heterocycles. The van der Waals surface area contributed by atoms with Crippen molar-refractivity contribution < 1.29 is 14.5 Å². The van der Waals surface area contributed by atoms with Crippen molar-refractivity contribution in [3.05, 3.63) is 58.3 Å². The van der Waals surface area contributed by atoms with Gasteiger partial charge in [0.2, 0.25) is 0 Å². The smallest absolute Gasteiger partial charge is 0.341 e. The summed E-state index contributed by atoms with van der Waals surface area (Å²) in [5.74, 6) is -0.379. The Bertz CT molecular complexity index is 887. The van der Waals surface area contributed by atoms with Crippen molar-refractivity contribution >= 4 is 17.3 Å². The highest BCUT2D eigenvalue weighted by atomic mass is 16.6. The Kier molecular flexibility index (Phi) is 3.26. The minimum atomic E-state index is -0.549. The summed E-state index contributed by atoms with van der Waals surface area (Å²) >= 11 is 0. The molecular formula is C14H10N4O4. The predicted octanol–water partition coefficient (Wildman–Crippen LogP) is 2.09. The number of rotatable bonds is 3. The summed E-state index contributed by atoms with van der Waals surface area (Å²) < 4.78 is 6.08. The van der Waals surface area contributed by atoms with Crippen LogP contribution in [-0.2, 0) is 4.74 Å². The van der Waals surface area contributed by atoms with Crippen LogP contribution < -0.4 is 0 Å². The molecule has 0 N–H and O–H groups in total. The lowest BCUT2D eigenvalue weighted by Crippen LogP contribution is -2.04. The molecular weight excluding hydrogens is 288 g/mol. The first kappa shape index (κ1) is 13.7. The van der Waals surface area contributed by atoms with Crippen LogP contribution >= 0.6 is 0 Å². The normalized spacial score (nSPS) is 10.6. The van der Waals surface area contributed by atoms with Crippen molar-refractivity contribution in [3.63, 3.8) is 0 Å². The van der Waals surface area contributed by atoms with E-state index in [9.17, 15) is 14.9 Å². The molecule has 1 aromatic carbocycles. The average molecular weight is 298 g/mol.